The third-order valence-electron chi connectivity index (χ3n) is 7.14. The number of fused-ring (bicyclic) bond motifs is 1. The molecular weight excluding hydrogens is 424 g/mol. The Bertz CT molecular complexity index is 1100. The number of rotatable bonds is 4. The molecule has 178 valence electrons. The Hall–Kier alpha value is -3.28. The summed E-state index contributed by atoms with van der Waals surface area (Å²) in [7, 11) is 0. The van der Waals surface area contributed by atoms with E-state index in [-0.39, 0.29) is 23.7 Å². The Labute approximate surface area is 201 Å². The topological polar surface area (TPSA) is 79.9 Å². The lowest BCUT2D eigenvalue weighted by Gasteiger charge is -2.43. The van der Waals surface area contributed by atoms with Crippen LogP contribution in [-0.4, -0.2) is 28.5 Å². The van der Waals surface area contributed by atoms with E-state index in [4.69, 9.17) is 15.5 Å². The molecule has 6 nitrogen and oxygen atoms in total. The number of nitrogens with two attached hydrogens (primary N) is 1. The first kappa shape index (κ1) is 22.5. The maximum atomic E-state index is 12.5. The maximum absolute atomic E-state index is 12.5. The van der Waals surface area contributed by atoms with Crippen molar-refractivity contribution < 1.29 is 9.53 Å². The Morgan fingerprint density at radius 1 is 1.18 bits per heavy atom. The molecule has 4 aliphatic rings. The molecule has 0 bridgehead atoms. The van der Waals surface area contributed by atoms with Gasteiger partial charge in [-0.3, -0.25) is 4.99 Å². The van der Waals surface area contributed by atoms with Gasteiger partial charge in [0.25, 0.3) is 0 Å². The fourth-order valence-corrected chi connectivity index (χ4v) is 5.36. The van der Waals surface area contributed by atoms with E-state index in [2.05, 4.69) is 65.0 Å². The van der Waals surface area contributed by atoms with Crippen molar-refractivity contribution in [3.63, 3.8) is 0 Å². The molecule has 1 aromatic carbocycles. The van der Waals surface area contributed by atoms with Gasteiger partial charge in [0, 0.05) is 12.1 Å². The lowest BCUT2D eigenvalue weighted by molar-refractivity contribution is 0.0377. The number of nitrogens with one attached hydrogen (secondary N) is 1. The molecule has 3 atom stereocenters. The van der Waals surface area contributed by atoms with E-state index < -0.39 is 5.60 Å². The Morgan fingerprint density at radius 3 is 2.56 bits per heavy atom. The van der Waals surface area contributed by atoms with Crippen LogP contribution in [-0.2, 0) is 10.3 Å². The molecule has 1 saturated carbocycles. The van der Waals surface area contributed by atoms with E-state index in [0.29, 0.717) is 11.6 Å². The minimum atomic E-state index is -0.519. The molecule has 5 rings (SSSR count). The van der Waals surface area contributed by atoms with Gasteiger partial charge >= 0.3 is 6.09 Å². The van der Waals surface area contributed by atoms with Crippen molar-refractivity contribution in [2.45, 2.75) is 69.7 Å². The van der Waals surface area contributed by atoms with Crippen molar-refractivity contribution in [2.75, 3.05) is 0 Å². The average Bonchev–Trinajstić information content (AvgIpc) is 3.17. The van der Waals surface area contributed by atoms with Crippen LogP contribution in [0.25, 0.3) is 0 Å². The summed E-state index contributed by atoms with van der Waals surface area (Å²) in [5.74, 6) is 1.20. The van der Waals surface area contributed by atoms with E-state index in [9.17, 15) is 4.79 Å². The van der Waals surface area contributed by atoms with Gasteiger partial charge in [-0.25, -0.2) is 4.79 Å². The van der Waals surface area contributed by atoms with Crippen molar-refractivity contribution in [1.82, 2.24) is 10.2 Å². The Kier molecular flexibility index (Phi) is 5.62. The summed E-state index contributed by atoms with van der Waals surface area (Å²) in [6.45, 7) is 5.66. The molecule has 3 unspecified atom stereocenters. The predicted octanol–water partition coefficient (Wildman–Crippen LogP) is 5.22. The van der Waals surface area contributed by atoms with Crippen LogP contribution < -0.4 is 11.1 Å². The quantitative estimate of drug-likeness (QED) is 0.649. The number of amides is 1. The third-order valence-corrected chi connectivity index (χ3v) is 7.14. The van der Waals surface area contributed by atoms with Crippen LogP contribution in [0.5, 0.6) is 0 Å². The number of hydrogen-bond donors (Lipinski definition) is 2. The van der Waals surface area contributed by atoms with Gasteiger partial charge in [0.1, 0.15) is 5.60 Å². The van der Waals surface area contributed by atoms with Crippen molar-refractivity contribution >= 4 is 11.9 Å². The molecule has 0 aromatic heterocycles. The zero-order valence-electron chi connectivity index (χ0n) is 20.2. The van der Waals surface area contributed by atoms with Gasteiger partial charge < -0.3 is 20.7 Å². The molecule has 34 heavy (non-hydrogen) atoms. The summed E-state index contributed by atoms with van der Waals surface area (Å²) in [6.07, 6.45) is 18.3. The molecule has 0 radical (unpaired) electrons. The molecule has 1 amide bonds. The number of alkyl carbamates (subject to hydrolysis) is 1. The highest BCUT2D eigenvalue weighted by Gasteiger charge is 2.43. The first-order valence-corrected chi connectivity index (χ1v) is 12.2. The number of amidine groups is 1. The predicted molar refractivity (Wildman–Crippen MR) is 135 cm³/mol. The Morgan fingerprint density at radius 2 is 1.94 bits per heavy atom. The largest absolute Gasteiger partial charge is 0.444 e. The van der Waals surface area contributed by atoms with E-state index in [1.54, 1.807) is 0 Å². The highest BCUT2D eigenvalue weighted by Crippen LogP contribution is 2.44. The lowest BCUT2D eigenvalue weighted by atomic mass is 9.71. The number of ether oxygens (including phenoxy) is 1. The normalized spacial score (nSPS) is 26.9. The van der Waals surface area contributed by atoms with Crippen LogP contribution >= 0.6 is 0 Å². The van der Waals surface area contributed by atoms with Gasteiger partial charge in [-0.1, -0.05) is 48.6 Å². The smallest absolute Gasteiger partial charge is 0.408 e. The summed E-state index contributed by atoms with van der Waals surface area (Å²) >= 11 is 0. The molecule has 0 spiro atoms. The van der Waals surface area contributed by atoms with Gasteiger partial charge in [-0.15, -0.1) is 0 Å². The highest BCUT2D eigenvalue weighted by atomic mass is 16.6. The van der Waals surface area contributed by atoms with Gasteiger partial charge in [0.05, 0.1) is 23.3 Å². The summed E-state index contributed by atoms with van der Waals surface area (Å²) in [6, 6.07) is 8.77. The fourth-order valence-electron chi connectivity index (χ4n) is 5.36. The van der Waals surface area contributed by atoms with E-state index in [1.165, 1.54) is 0 Å². The third kappa shape index (κ3) is 4.17. The zero-order valence-corrected chi connectivity index (χ0v) is 20.2. The van der Waals surface area contributed by atoms with Crippen LogP contribution in [0.3, 0.4) is 0 Å². The average molecular weight is 459 g/mol. The number of aliphatic imine (C=N–C) groups is 1. The monoisotopic (exact) mass is 458 g/mol. The van der Waals surface area contributed by atoms with Gasteiger partial charge in [-0.2, -0.15) is 0 Å². The minimum absolute atomic E-state index is 0.0175. The SMILES string of the molecule is CC(C)(C)OC(=O)NC1(c2ccc(C3N=C4C(N)=CC=CN4C3C3C=CC=CC3)cc2)CCC1. The van der Waals surface area contributed by atoms with Crippen LogP contribution in [0, 0.1) is 5.92 Å². The van der Waals surface area contributed by atoms with Crippen LogP contribution in [0.2, 0.25) is 0 Å². The molecule has 6 heteroatoms. The zero-order chi connectivity index (χ0) is 23.9. The first-order chi connectivity index (χ1) is 16.3. The number of benzene rings is 1. The fraction of sp³-hybridized carbons (Fsp3) is 0.429. The van der Waals surface area contributed by atoms with Crippen LogP contribution in [0.1, 0.15) is 63.6 Å². The molecular formula is C28H34N4O2. The number of carbonyl (C=O) groups is 1. The summed E-state index contributed by atoms with van der Waals surface area (Å²) in [4.78, 5) is 19.8. The van der Waals surface area contributed by atoms with Crippen molar-refractivity contribution in [2.24, 2.45) is 16.6 Å². The van der Waals surface area contributed by atoms with Crippen LogP contribution in [0.15, 0.2) is 77.6 Å². The molecule has 2 aliphatic carbocycles. The maximum Gasteiger partial charge on any atom is 0.408 e. The molecule has 2 heterocycles. The Balaban J connectivity index is 1.41. The number of nitrogens with zero attached hydrogens (tertiary/aromatic N) is 2. The lowest BCUT2D eigenvalue weighted by Crippen LogP contribution is -2.52. The highest BCUT2D eigenvalue weighted by molar-refractivity contribution is 6.01. The second-order valence-corrected chi connectivity index (χ2v) is 10.7. The summed E-state index contributed by atoms with van der Waals surface area (Å²) in [5.41, 5.74) is 8.41. The summed E-state index contributed by atoms with van der Waals surface area (Å²) in [5, 5.41) is 3.15. The molecule has 3 N–H and O–H groups in total. The van der Waals surface area contributed by atoms with E-state index >= 15 is 0 Å². The molecule has 0 saturated heterocycles. The standard InChI is InChI=1S/C28H34N4O2/c1-27(2,3)34-26(33)31-28(16-8-17-28)21-14-12-19(13-15-21)23-24(20-9-5-4-6-10-20)32-18-7-11-22(29)25(32)30-23/h4-7,9,11-15,18,20,23-24H,8,10,16-17,29H2,1-3H3,(H,31,33). The minimum Gasteiger partial charge on any atom is -0.444 e. The van der Waals surface area contributed by atoms with Crippen molar-refractivity contribution in [3.8, 4) is 0 Å². The first-order valence-electron chi connectivity index (χ1n) is 12.2. The second-order valence-electron chi connectivity index (χ2n) is 10.7. The van der Waals surface area contributed by atoms with Crippen molar-refractivity contribution in [3.05, 3.63) is 83.7 Å². The second kappa shape index (κ2) is 8.49. The van der Waals surface area contributed by atoms with Crippen LogP contribution in [0.4, 0.5) is 4.79 Å². The molecule has 1 fully saturated rings. The van der Waals surface area contributed by atoms with E-state index in [0.717, 1.165) is 42.6 Å². The molecule has 2 aliphatic heterocycles. The number of allylic oxidation sites excluding steroid dienone is 5. The van der Waals surface area contributed by atoms with Gasteiger partial charge in [0.15, 0.2) is 5.84 Å². The van der Waals surface area contributed by atoms with Gasteiger partial charge in [-0.05, 0) is 69.7 Å². The summed E-state index contributed by atoms with van der Waals surface area (Å²) < 4.78 is 5.53. The van der Waals surface area contributed by atoms with Crippen molar-refractivity contribution in [1.29, 1.82) is 0 Å². The molecule has 1 aromatic rings. The van der Waals surface area contributed by atoms with E-state index in [1.807, 2.05) is 32.9 Å². The number of hydrogen-bond acceptors (Lipinski definition) is 5. The number of carbonyl (C=O) groups excluding carboxylic acids is 1. The van der Waals surface area contributed by atoms with Gasteiger partial charge in [0.2, 0.25) is 0 Å².